The van der Waals surface area contributed by atoms with Gasteiger partial charge in [-0.15, -0.1) is 0 Å². The second-order valence-electron chi connectivity index (χ2n) is 16.6. The molecule has 0 amide bonds. The maximum Gasteiger partial charge on any atom is 0.326 e. The number of carboxylic acid groups (broad SMARTS) is 1. The van der Waals surface area contributed by atoms with E-state index in [2.05, 4.69) is 34.2 Å². The number of hydrogen-bond acceptors (Lipinski definition) is 9. The van der Waals surface area contributed by atoms with Gasteiger partial charge in [-0.1, -0.05) is 163 Å². The van der Waals surface area contributed by atoms with Gasteiger partial charge in [-0.25, -0.2) is 4.98 Å². The number of aryl methyl sites for hydroxylation is 2. The average Bonchev–Trinajstić information content (AvgIpc) is 3.32. The predicted octanol–water partition coefficient (Wildman–Crippen LogP) is 8.10. The number of carbonyl (C=O) groups excluding carboxylic acids is 1. The topological polar surface area (TPSA) is 152 Å². The Morgan fingerprint density at radius 1 is 0.621 bits per heavy atom. The number of rotatable bonds is 16. The third-order valence-electron chi connectivity index (χ3n) is 12.2. The number of carboxylic acids is 1. The Morgan fingerprint density at radius 3 is 1.59 bits per heavy atom. The van der Waals surface area contributed by atoms with Crippen LogP contribution in [0.25, 0.3) is 22.5 Å². The summed E-state index contributed by atoms with van der Waals surface area (Å²) in [6, 6.07) is 48.2. The molecule has 2 fully saturated rings. The van der Waals surface area contributed by atoms with E-state index in [-0.39, 0.29) is 40.3 Å². The van der Waals surface area contributed by atoms with Crippen LogP contribution < -0.4 is 11.1 Å². The highest BCUT2D eigenvalue weighted by molar-refractivity contribution is 6.31. The van der Waals surface area contributed by atoms with E-state index in [9.17, 15) is 24.3 Å². The van der Waals surface area contributed by atoms with Gasteiger partial charge < -0.3 is 19.3 Å². The smallest absolute Gasteiger partial charge is 0.326 e. The fourth-order valence-electron chi connectivity index (χ4n) is 8.42. The zero-order valence-corrected chi connectivity index (χ0v) is 37.0. The lowest BCUT2D eigenvalue weighted by Gasteiger charge is -2.42. The SMILES string of the molecule is O=C(Cn1c(-c2ccccc2)c(Cl)nc(CCC2(c3ccccc3)COC2)c1=O)OCc1ccccc1.O=C(O)Cn1c(-c2ccccc2)cnc(CCC2(c3ccccc3)COC2)c1=O. The Bertz CT molecular complexity index is 2870. The van der Waals surface area contributed by atoms with Gasteiger partial charge in [0.25, 0.3) is 11.1 Å². The second kappa shape index (κ2) is 20.9. The van der Waals surface area contributed by atoms with Gasteiger partial charge in [-0.3, -0.25) is 33.3 Å². The molecule has 13 heteroatoms. The predicted molar refractivity (Wildman–Crippen MR) is 251 cm³/mol. The number of hydrogen-bond donors (Lipinski definition) is 1. The van der Waals surface area contributed by atoms with Gasteiger partial charge in [0, 0.05) is 16.4 Å². The molecule has 1 N–H and O–H groups in total. The van der Waals surface area contributed by atoms with Crippen LogP contribution in [-0.2, 0) is 67.2 Å². The maximum absolute atomic E-state index is 13.7. The van der Waals surface area contributed by atoms with Crippen LogP contribution in [0.4, 0.5) is 0 Å². The standard InChI is InChI=1S/C30H27ClN2O4.C23H22N2O4/c31-28-27(23-12-6-2-7-13-23)33(18-26(34)37-19-22-10-4-1-5-11-22)29(35)25(32-28)16-17-30(20-36-21-30)24-14-8-3-9-15-24;26-21(27)14-25-20(17-7-3-1-4-8-17)13-24-19(22(25)28)11-12-23(15-29-16-23)18-9-5-2-6-10-18/h1-15H,16-21H2;1-10,13H,11-12,14-16H2,(H,26,27). The molecule has 2 saturated heterocycles. The molecule has 0 spiro atoms. The molecule has 2 aromatic heterocycles. The van der Waals surface area contributed by atoms with Crippen LogP contribution in [0, 0.1) is 0 Å². The number of nitrogens with zero attached hydrogens (tertiary/aromatic N) is 4. The van der Waals surface area contributed by atoms with Crippen LogP contribution in [-0.4, -0.2) is 62.6 Å². The van der Waals surface area contributed by atoms with Crippen LogP contribution >= 0.6 is 11.6 Å². The Balaban J connectivity index is 0.000000185. The van der Waals surface area contributed by atoms with Crippen LogP contribution in [0.2, 0.25) is 5.15 Å². The van der Waals surface area contributed by atoms with Crippen molar-refractivity contribution in [2.45, 2.75) is 56.2 Å². The molecule has 2 aliphatic heterocycles. The molecule has 5 aromatic carbocycles. The molecule has 9 rings (SSSR count). The van der Waals surface area contributed by atoms with Crippen molar-refractivity contribution < 1.29 is 28.9 Å². The average molecular weight is 905 g/mol. The van der Waals surface area contributed by atoms with Crippen molar-refractivity contribution in [2.24, 2.45) is 0 Å². The first-order valence-corrected chi connectivity index (χ1v) is 22.2. The van der Waals surface area contributed by atoms with Crippen LogP contribution in [0.5, 0.6) is 0 Å². The van der Waals surface area contributed by atoms with E-state index in [4.69, 9.17) is 25.8 Å². The summed E-state index contributed by atoms with van der Waals surface area (Å²) in [5.74, 6) is -1.58. The summed E-state index contributed by atoms with van der Waals surface area (Å²) in [6.07, 6.45) is 3.87. The molecular formula is C53H49ClN4O8. The van der Waals surface area contributed by atoms with Gasteiger partial charge in [0.1, 0.15) is 31.1 Å². The fourth-order valence-corrected chi connectivity index (χ4v) is 8.74. The van der Waals surface area contributed by atoms with Crippen molar-refractivity contribution in [1.82, 2.24) is 19.1 Å². The van der Waals surface area contributed by atoms with Crippen molar-refractivity contribution in [3.8, 4) is 22.5 Å². The van der Waals surface area contributed by atoms with Gasteiger partial charge in [-0.2, -0.15) is 0 Å². The van der Waals surface area contributed by atoms with E-state index in [1.165, 1.54) is 20.3 Å². The zero-order valence-electron chi connectivity index (χ0n) is 36.3. The molecule has 336 valence electrons. The lowest BCUT2D eigenvalue weighted by Crippen LogP contribution is -2.47. The first-order chi connectivity index (χ1) is 32.1. The van der Waals surface area contributed by atoms with Crippen LogP contribution in [0.3, 0.4) is 0 Å². The molecule has 0 atom stereocenters. The molecule has 12 nitrogen and oxygen atoms in total. The summed E-state index contributed by atoms with van der Waals surface area (Å²) < 4.78 is 19.2. The molecule has 0 unspecified atom stereocenters. The van der Waals surface area contributed by atoms with E-state index >= 15 is 0 Å². The minimum Gasteiger partial charge on any atom is -0.480 e. The lowest BCUT2D eigenvalue weighted by molar-refractivity contribution is -0.145. The maximum atomic E-state index is 13.7. The van der Waals surface area contributed by atoms with E-state index in [1.807, 2.05) is 127 Å². The van der Waals surface area contributed by atoms with Crippen molar-refractivity contribution in [3.63, 3.8) is 0 Å². The highest BCUT2D eigenvalue weighted by Crippen LogP contribution is 2.38. The number of aromatic nitrogens is 4. The van der Waals surface area contributed by atoms with E-state index < -0.39 is 18.5 Å². The quantitative estimate of drug-likeness (QED) is 0.0943. The summed E-state index contributed by atoms with van der Waals surface area (Å²) in [5.41, 5.74) is 5.33. The Kier molecular flexibility index (Phi) is 14.4. The fraction of sp³-hybridized carbons (Fsp3) is 0.245. The number of benzene rings is 5. The third kappa shape index (κ3) is 10.4. The van der Waals surface area contributed by atoms with Gasteiger partial charge in [0.05, 0.1) is 44.0 Å². The molecular weight excluding hydrogens is 856 g/mol. The molecule has 0 radical (unpaired) electrons. The molecule has 7 aromatic rings. The Labute approximate surface area is 387 Å². The summed E-state index contributed by atoms with van der Waals surface area (Å²) >= 11 is 6.66. The van der Waals surface area contributed by atoms with Crippen LogP contribution in [0.1, 0.15) is 40.9 Å². The summed E-state index contributed by atoms with van der Waals surface area (Å²) in [5, 5.41) is 9.49. The number of ether oxygens (including phenoxy) is 3. The van der Waals surface area contributed by atoms with Gasteiger partial charge >= 0.3 is 11.9 Å². The number of esters is 1. The lowest BCUT2D eigenvalue weighted by atomic mass is 9.75. The summed E-state index contributed by atoms with van der Waals surface area (Å²) in [6.45, 7) is 1.87. The highest BCUT2D eigenvalue weighted by Gasteiger charge is 2.41. The molecule has 0 bridgehead atoms. The van der Waals surface area contributed by atoms with E-state index in [0.29, 0.717) is 74.0 Å². The molecule has 0 saturated carbocycles. The van der Waals surface area contributed by atoms with Crippen molar-refractivity contribution in [2.75, 3.05) is 26.4 Å². The summed E-state index contributed by atoms with van der Waals surface area (Å²) in [4.78, 5) is 59.9. The van der Waals surface area contributed by atoms with Crippen LogP contribution in [0.15, 0.2) is 167 Å². The molecule has 0 aliphatic carbocycles. The first-order valence-electron chi connectivity index (χ1n) is 21.8. The zero-order chi connectivity index (χ0) is 45.9. The van der Waals surface area contributed by atoms with Gasteiger partial charge in [0.15, 0.2) is 5.15 Å². The Hall–Kier alpha value is -6.99. The second-order valence-corrected chi connectivity index (χ2v) is 17.0. The third-order valence-corrected chi connectivity index (χ3v) is 12.5. The minimum atomic E-state index is -1.06. The van der Waals surface area contributed by atoms with Crippen molar-refractivity contribution >= 4 is 23.5 Å². The Morgan fingerprint density at radius 2 is 1.09 bits per heavy atom. The monoisotopic (exact) mass is 904 g/mol. The molecule has 4 heterocycles. The van der Waals surface area contributed by atoms with E-state index in [1.54, 1.807) is 6.20 Å². The molecule has 66 heavy (non-hydrogen) atoms. The van der Waals surface area contributed by atoms with Gasteiger partial charge in [-0.05, 0) is 47.9 Å². The number of carbonyl (C=O) groups is 2. The summed E-state index contributed by atoms with van der Waals surface area (Å²) in [7, 11) is 0. The van der Waals surface area contributed by atoms with Gasteiger partial charge in [0.2, 0.25) is 0 Å². The number of aliphatic carboxylic acids is 1. The van der Waals surface area contributed by atoms with Crippen molar-refractivity contribution in [1.29, 1.82) is 0 Å². The minimum absolute atomic E-state index is 0.120. The number of halogens is 1. The normalized spacial score (nSPS) is 14.4. The first kappa shape index (κ1) is 45.6. The highest BCUT2D eigenvalue weighted by atomic mass is 35.5. The van der Waals surface area contributed by atoms with E-state index in [0.717, 1.165) is 17.5 Å². The van der Waals surface area contributed by atoms with Crippen molar-refractivity contribution in [3.05, 3.63) is 212 Å². The molecule has 2 aliphatic rings. The largest absolute Gasteiger partial charge is 0.480 e.